The number of hydrogen-bond donors (Lipinski definition) is 0. The van der Waals surface area contributed by atoms with Gasteiger partial charge in [-0.1, -0.05) is 17.3 Å². The number of hydrogen-bond acceptors (Lipinski definition) is 5. The van der Waals surface area contributed by atoms with E-state index in [0.29, 0.717) is 18.6 Å². The average Bonchev–Trinajstić information content (AvgIpc) is 3.23. The summed E-state index contributed by atoms with van der Waals surface area (Å²) in [6, 6.07) is 7.52. The highest BCUT2D eigenvalue weighted by Crippen LogP contribution is 2.36. The van der Waals surface area contributed by atoms with Crippen LogP contribution in [0, 0.1) is 0 Å². The second-order valence-electron chi connectivity index (χ2n) is 5.45. The van der Waals surface area contributed by atoms with Crippen molar-refractivity contribution in [3.8, 4) is 5.75 Å². The van der Waals surface area contributed by atoms with Crippen LogP contribution in [0.4, 0.5) is 0 Å². The fraction of sp³-hybridized carbons (Fsp3) is 0.500. The van der Waals surface area contributed by atoms with Crippen LogP contribution in [-0.4, -0.2) is 37.4 Å². The minimum absolute atomic E-state index is 0.439. The van der Waals surface area contributed by atoms with E-state index in [1.165, 1.54) is 19.3 Å². The minimum Gasteiger partial charge on any atom is -0.497 e. The Morgan fingerprint density at radius 3 is 2.62 bits per heavy atom. The molecule has 5 heteroatoms. The molecular weight excluding hydrogens is 270 g/mol. The number of methoxy groups -OCH3 is 1. The van der Waals surface area contributed by atoms with Crippen LogP contribution in [0.5, 0.6) is 5.75 Å². The predicted molar refractivity (Wildman–Crippen MR) is 77.6 cm³/mol. The number of nitrogens with zero attached hydrogens (tertiary/aromatic N) is 1. The molecule has 1 aromatic carbocycles. The Kier molecular flexibility index (Phi) is 4.20. The third kappa shape index (κ3) is 3.24. The van der Waals surface area contributed by atoms with Crippen molar-refractivity contribution < 1.29 is 19.1 Å². The molecule has 3 aliphatic heterocycles. The van der Waals surface area contributed by atoms with E-state index in [9.17, 15) is 4.79 Å². The average molecular weight is 289 g/mol. The summed E-state index contributed by atoms with van der Waals surface area (Å²) < 4.78 is 10.4. The zero-order valence-electron chi connectivity index (χ0n) is 12.0. The van der Waals surface area contributed by atoms with Crippen molar-refractivity contribution in [1.29, 1.82) is 0 Å². The van der Waals surface area contributed by atoms with Crippen molar-refractivity contribution in [2.75, 3.05) is 7.11 Å². The number of carbonyl (C=O) groups is 1. The minimum atomic E-state index is -0.439. The molecule has 0 spiro atoms. The molecule has 3 fully saturated rings. The first-order chi connectivity index (χ1) is 10.3. The molecular formula is C16H19NO4. The molecule has 21 heavy (non-hydrogen) atoms. The number of fused-ring (bicyclic) bond motifs is 1. The lowest BCUT2D eigenvalue weighted by atomic mass is 10.1. The fourth-order valence-electron chi connectivity index (χ4n) is 2.74. The summed E-state index contributed by atoms with van der Waals surface area (Å²) >= 11 is 0. The van der Waals surface area contributed by atoms with Gasteiger partial charge in [0, 0.05) is 12.0 Å². The van der Waals surface area contributed by atoms with E-state index in [1.54, 1.807) is 7.11 Å². The van der Waals surface area contributed by atoms with Crippen molar-refractivity contribution in [2.24, 2.45) is 5.16 Å². The van der Waals surface area contributed by atoms with Crippen molar-refractivity contribution in [2.45, 2.75) is 44.0 Å². The SMILES string of the molecule is C1CC2CC1O2.COc1cccc(C2=NOC(C=O)C2)c1. The van der Waals surface area contributed by atoms with Gasteiger partial charge in [0.2, 0.25) is 0 Å². The Hall–Kier alpha value is -1.88. The normalized spacial score (nSPS) is 28.6. The molecule has 4 aliphatic rings. The third-order valence-corrected chi connectivity index (χ3v) is 3.97. The van der Waals surface area contributed by atoms with Gasteiger partial charge in [-0.3, -0.25) is 4.79 Å². The maximum absolute atomic E-state index is 10.5. The van der Waals surface area contributed by atoms with Crippen LogP contribution in [0.25, 0.3) is 0 Å². The van der Waals surface area contributed by atoms with Gasteiger partial charge in [0.25, 0.3) is 0 Å². The van der Waals surface area contributed by atoms with Gasteiger partial charge < -0.3 is 14.3 Å². The van der Waals surface area contributed by atoms with Crippen LogP contribution in [0.2, 0.25) is 0 Å². The molecule has 1 saturated carbocycles. The van der Waals surface area contributed by atoms with Crippen LogP contribution in [0.15, 0.2) is 29.4 Å². The van der Waals surface area contributed by atoms with Gasteiger partial charge in [0.15, 0.2) is 12.4 Å². The molecule has 3 atom stereocenters. The van der Waals surface area contributed by atoms with Crippen LogP contribution in [0.1, 0.15) is 31.2 Å². The molecule has 5 nitrogen and oxygen atoms in total. The Labute approximate surface area is 123 Å². The van der Waals surface area contributed by atoms with Crippen molar-refractivity contribution in [3.05, 3.63) is 29.8 Å². The second-order valence-corrected chi connectivity index (χ2v) is 5.45. The second kappa shape index (κ2) is 6.26. The van der Waals surface area contributed by atoms with Crippen LogP contribution >= 0.6 is 0 Å². The lowest BCUT2D eigenvalue weighted by molar-refractivity contribution is -0.116. The summed E-state index contributed by atoms with van der Waals surface area (Å²) in [6.45, 7) is 0. The van der Waals surface area contributed by atoms with Gasteiger partial charge in [0.1, 0.15) is 5.75 Å². The van der Waals surface area contributed by atoms with Crippen LogP contribution < -0.4 is 4.74 Å². The lowest BCUT2D eigenvalue weighted by Gasteiger charge is -2.23. The first-order valence-electron chi connectivity index (χ1n) is 7.26. The molecule has 1 aromatic rings. The van der Waals surface area contributed by atoms with E-state index < -0.39 is 6.10 Å². The van der Waals surface area contributed by atoms with Gasteiger partial charge >= 0.3 is 0 Å². The zero-order chi connectivity index (χ0) is 14.7. The Bertz CT molecular complexity index is 523. The van der Waals surface area contributed by atoms with Crippen LogP contribution in [0.3, 0.4) is 0 Å². The quantitative estimate of drug-likeness (QED) is 0.801. The van der Waals surface area contributed by atoms with Crippen molar-refractivity contribution >= 4 is 12.0 Å². The van der Waals surface area contributed by atoms with E-state index in [-0.39, 0.29) is 0 Å². The molecule has 5 rings (SSSR count). The van der Waals surface area contributed by atoms with Crippen molar-refractivity contribution in [3.63, 3.8) is 0 Å². The number of aldehydes is 1. The maximum atomic E-state index is 10.5. The van der Waals surface area contributed by atoms with Gasteiger partial charge in [-0.2, -0.15) is 0 Å². The highest BCUT2D eigenvalue weighted by molar-refractivity contribution is 6.02. The van der Waals surface area contributed by atoms with E-state index >= 15 is 0 Å². The number of oxime groups is 1. The largest absolute Gasteiger partial charge is 0.497 e. The summed E-state index contributed by atoms with van der Waals surface area (Å²) in [5.41, 5.74) is 1.71. The lowest BCUT2D eigenvalue weighted by Crippen LogP contribution is -2.25. The number of carbonyl (C=O) groups excluding carboxylic acids is 1. The third-order valence-electron chi connectivity index (χ3n) is 3.97. The van der Waals surface area contributed by atoms with Gasteiger partial charge in [-0.05, 0) is 31.4 Å². The van der Waals surface area contributed by atoms with E-state index in [0.717, 1.165) is 23.3 Å². The van der Waals surface area contributed by atoms with Gasteiger partial charge in [-0.15, -0.1) is 0 Å². The molecule has 2 bridgehead atoms. The Morgan fingerprint density at radius 2 is 2.10 bits per heavy atom. The molecule has 0 radical (unpaired) electrons. The number of rotatable bonds is 3. The molecule has 0 amide bonds. The highest BCUT2D eigenvalue weighted by Gasteiger charge is 2.36. The molecule has 2 saturated heterocycles. The maximum Gasteiger partial charge on any atom is 0.187 e. The first kappa shape index (κ1) is 14.1. The smallest absolute Gasteiger partial charge is 0.187 e. The summed E-state index contributed by atoms with van der Waals surface area (Å²) in [4.78, 5) is 15.4. The Balaban J connectivity index is 0.000000180. The summed E-state index contributed by atoms with van der Waals surface area (Å²) in [5.74, 6) is 0.768. The summed E-state index contributed by atoms with van der Waals surface area (Å²) in [7, 11) is 1.61. The Morgan fingerprint density at radius 1 is 1.33 bits per heavy atom. The van der Waals surface area contributed by atoms with E-state index in [1.807, 2.05) is 24.3 Å². The monoisotopic (exact) mass is 289 g/mol. The number of benzene rings is 1. The standard InChI is InChI=1S/C11H11NO3.C5H8O/c1-14-9-4-2-3-8(5-9)11-6-10(7-13)15-12-11;1-2-5-3-4(1)6-5/h2-5,7,10H,6H2,1H3;4-5H,1-3H2. The highest BCUT2D eigenvalue weighted by atomic mass is 16.6. The predicted octanol–water partition coefficient (Wildman–Crippen LogP) is 2.32. The molecule has 0 aromatic heterocycles. The topological polar surface area (TPSA) is 57.1 Å². The van der Waals surface area contributed by atoms with Gasteiger partial charge in [-0.25, -0.2) is 0 Å². The summed E-state index contributed by atoms with van der Waals surface area (Å²) in [5, 5.41) is 3.86. The molecule has 0 N–H and O–H groups in total. The summed E-state index contributed by atoms with van der Waals surface area (Å²) in [6.07, 6.45) is 6.26. The fourth-order valence-corrected chi connectivity index (χ4v) is 2.74. The molecule has 3 unspecified atom stereocenters. The van der Waals surface area contributed by atoms with Crippen LogP contribution in [-0.2, 0) is 14.4 Å². The van der Waals surface area contributed by atoms with Gasteiger partial charge in [0.05, 0.1) is 25.0 Å². The zero-order valence-corrected chi connectivity index (χ0v) is 12.0. The number of ether oxygens (including phenoxy) is 2. The molecule has 3 heterocycles. The van der Waals surface area contributed by atoms with Crippen molar-refractivity contribution in [1.82, 2.24) is 0 Å². The van der Waals surface area contributed by atoms with E-state index in [4.69, 9.17) is 14.3 Å². The van der Waals surface area contributed by atoms with E-state index in [2.05, 4.69) is 5.16 Å². The first-order valence-corrected chi connectivity index (χ1v) is 7.26. The molecule has 112 valence electrons. The molecule has 1 aliphatic carbocycles.